The molecule has 0 amide bonds. The molecule has 0 fully saturated rings. The number of thioether (sulfide) groups is 1. The first kappa shape index (κ1) is 14.2. The quantitative estimate of drug-likeness (QED) is 0.638. The fourth-order valence-electron chi connectivity index (χ4n) is 1.18. The third-order valence-electron chi connectivity index (χ3n) is 1.99. The molecule has 0 aliphatic heterocycles. The van der Waals surface area contributed by atoms with Gasteiger partial charge in [-0.1, -0.05) is 0 Å². The highest BCUT2D eigenvalue weighted by molar-refractivity contribution is 7.98. The second-order valence-corrected chi connectivity index (χ2v) is 4.75. The van der Waals surface area contributed by atoms with Crippen LogP contribution in [0.4, 0.5) is 14.5 Å². The van der Waals surface area contributed by atoms with Crippen molar-refractivity contribution in [3.8, 4) is 0 Å². The minimum atomic E-state index is -0.654. The number of anilines is 1. The normalized spacial score (nSPS) is 10.1. The SMILES string of the molecule is CSCCCNC(=S)Nc1ccc(F)cc1F. The molecule has 2 N–H and O–H groups in total. The van der Waals surface area contributed by atoms with Crippen LogP contribution < -0.4 is 10.6 Å². The molecule has 0 bridgehead atoms. The molecule has 17 heavy (non-hydrogen) atoms. The standard InChI is InChI=1S/C11H14F2N2S2/c1-17-6-2-5-14-11(16)15-10-4-3-8(12)7-9(10)13/h3-4,7H,2,5-6H2,1H3,(H2,14,15,16). The van der Waals surface area contributed by atoms with Crippen molar-refractivity contribution in [2.24, 2.45) is 0 Å². The van der Waals surface area contributed by atoms with Gasteiger partial charge in [-0.25, -0.2) is 8.78 Å². The lowest BCUT2D eigenvalue weighted by molar-refractivity contribution is 0.586. The van der Waals surface area contributed by atoms with Gasteiger partial charge in [0.2, 0.25) is 0 Å². The van der Waals surface area contributed by atoms with Gasteiger partial charge in [0.25, 0.3) is 0 Å². The smallest absolute Gasteiger partial charge is 0.170 e. The summed E-state index contributed by atoms with van der Waals surface area (Å²) >= 11 is 6.74. The molecule has 1 aromatic carbocycles. The highest BCUT2D eigenvalue weighted by atomic mass is 32.2. The molecule has 2 nitrogen and oxygen atoms in total. The van der Waals surface area contributed by atoms with Crippen LogP contribution in [-0.4, -0.2) is 23.7 Å². The third kappa shape index (κ3) is 5.32. The monoisotopic (exact) mass is 276 g/mol. The van der Waals surface area contributed by atoms with Crippen molar-refractivity contribution in [3.05, 3.63) is 29.8 Å². The van der Waals surface area contributed by atoms with E-state index in [-0.39, 0.29) is 5.69 Å². The first-order valence-corrected chi connectivity index (χ1v) is 6.92. The largest absolute Gasteiger partial charge is 0.362 e. The molecule has 0 atom stereocenters. The second-order valence-electron chi connectivity index (χ2n) is 3.35. The van der Waals surface area contributed by atoms with E-state index in [1.54, 1.807) is 11.8 Å². The fourth-order valence-corrected chi connectivity index (χ4v) is 1.82. The maximum Gasteiger partial charge on any atom is 0.170 e. The van der Waals surface area contributed by atoms with E-state index >= 15 is 0 Å². The molecule has 0 heterocycles. The highest BCUT2D eigenvalue weighted by Crippen LogP contribution is 2.14. The molecule has 0 saturated heterocycles. The van der Waals surface area contributed by atoms with E-state index < -0.39 is 11.6 Å². The molecule has 0 unspecified atom stereocenters. The molecule has 0 aliphatic carbocycles. The van der Waals surface area contributed by atoms with Gasteiger partial charge in [-0.05, 0) is 42.8 Å². The van der Waals surface area contributed by atoms with Gasteiger partial charge >= 0.3 is 0 Å². The molecule has 0 spiro atoms. The summed E-state index contributed by atoms with van der Waals surface area (Å²) in [4.78, 5) is 0. The number of thiocarbonyl (C=S) groups is 1. The van der Waals surface area contributed by atoms with Gasteiger partial charge in [0.15, 0.2) is 5.11 Å². The maximum atomic E-state index is 13.3. The summed E-state index contributed by atoms with van der Waals surface area (Å²) < 4.78 is 25.9. The summed E-state index contributed by atoms with van der Waals surface area (Å²) in [7, 11) is 0. The molecule has 1 rings (SSSR count). The molecule has 6 heteroatoms. The van der Waals surface area contributed by atoms with Crippen molar-refractivity contribution in [1.29, 1.82) is 0 Å². The zero-order chi connectivity index (χ0) is 12.7. The Morgan fingerprint density at radius 1 is 1.41 bits per heavy atom. The van der Waals surface area contributed by atoms with Gasteiger partial charge in [-0.2, -0.15) is 11.8 Å². The number of nitrogens with one attached hydrogen (secondary N) is 2. The average molecular weight is 276 g/mol. The summed E-state index contributed by atoms with van der Waals surface area (Å²) in [6.45, 7) is 0.732. The number of hydrogen-bond donors (Lipinski definition) is 2. The van der Waals surface area contributed by atoms with E-state index in [0.717, 1.165) is 24.8 Å². The molecule has 1 aromatic rings. The van der Waals surface area contributed by atoms with Crippen molar-refractivity contribution < 1.29 is 8.78 Å². The predicted octanol–water partition coefficient (Wildman–Crippen LogP) is 3.00. The van der Waals surface area contributed by atoms with E-state index in [1.807, 2.05) is 6.26 Å². The molecule has 0 aromatic heterocycles. The van der Waals surface area contributed by atoms with Crippen LogP contribution in [0.15, 0.2) is 18.2 Å². The lowest BCUT2D eigenvalue weighted by atomic mass is 10.3. The van der Waals surface area contributed by atoms with Gasteiger partial charge in [-0.15, -0.1) is 0 Å². The Morgan fingerprint density at radius 2 is 2.18 bits per heavy atom. The van der Waals surface area contributed by atoms with Gasteiger partial charge in [0.05, 0.1) is 5.69 Å². The van der Waals surface area contributed by atoms with Crippen molar-refractivity contribution in [2.75, 3.05) is 23.9 Å². The lowest BCUT2D eigenvalue weighted by Gasteiger charge is -2.10. The fraction of sp³-hybridized carbons (Fsp3) is 0.364. The van der Waals surface area contributed by atoms with E-state index in [2.05, 4.69) is 10.6 Å². The first-order chi connectivity index (χ1) is 8.13. The summed E-state index contributed by atoms with van der Waals surface area (Å²) in [5.74, 6) is -0.217. The van der Waals surface area contributed by atoms with Gasteiger partial charge in [-0.3, -0.25) is 0 Å². The van der Waals surface area contributed by atoms with E-state index in [9.17, 15) is 8.78 Å². The van der Waals surface area contributed by atoms with Crippen LogP contribution in [0.3, 0.4) is 0 Å². The zero-order valence-corrected chi connectivity index (χ0v) is 11.1. The summed E-state index contributed by atoms with van der Waals surface area (Å²) in [5, 5.41) is 5.98. The van der Waals surface area contributed by atoms with Crippen LogP contribution >= 0.6 is 24.0 Å². The van der Waals surface area contributed by atoms with E-state index in [0.29, 0.717) is 5.11 Å². The topological polar surface area (TPSA) is 24.1 Å². The Labute approximate surface area is 109 Å². The van der Waals surface area contributed by atoms with Gasteiger partial charge < -0.3 is 10.6 Å². The van der Waals surface area contributed by atoms with Gasteiger partial charge in [0, 0.05) is 12.6 Å². The summed E-state index contributed by atoms with van der Waals surface area (Å²) in [5.41, 5.74) is 0.175. The predicted molar refractivity (Wildman–Crippen MR) is 73.6 cm³/mol. The number of benzene rings is 1. The van der Waals surface area contributed by atoms with E-state index in [4.69, 9.17) is 12.2 Å². The summed E-state index contributed by atoms with van der Waals surface area (Å²) in [6, 6.07) is 3.32. The molecule has 94 valence electrons. The van der Waals surface area contributed by atoms with Crippen LogP contribution in [0.2, 0.25) is 0 Å². The minimum Gasteiger partial charge on any atom is -0.362 e. The van der Waals surface area contributed by atoms with Crippen molar-refractivity contribution in [2.45, 2.75) is 6.42 Å². The number of halogens is 2. The van der Waals surface area contributed by atoms with Crippen LogP contribution in [-0.2, 0) is 0 Å². The number of rotatable bonds is 5. The molecular weight excluding hydrogens is 262 g/mol. The minimum absolute atomic E-state index is 0.175. The Hall–Kier alpha value is -0.880. The van der Waals surface area contributed by atoms with Crippen LogP contribution in [0, 0.1) is 11.6 Å². The lowest BCUT2D eigenvalue weighted by Crippen LogP contribution is -2.29. The Bertz CT molecular complexity index is 386. The van der Waals surface area contributed by atoms with Crippen molar-refractivity contribution >= 4 is 34.8 Å². The van der Waals surface area contributed by atoms with Gasteiger partial charge in [0.1, 0.15) is 11.6 Å². The molecule has 0 aliphatic rings. The number of hydrogen-bond acceptors (Lipinski definition) is 2. The second kappa shape index (κ2) is 7.45. The molecule has 0 saturated carbocycles. The maximum absolute atomic E-state index is 13.3. The third-order valence-corrected chi connectivity index (χ3v) is 2.93. The first-order valence-electron chi connectivity index (χ1n) is 5.12. The summed E-state index contributed by atoms with van der Waals surface area (Å²) in [6.07, 6.45) is 3.01. The van der Waals surface area contributed by atoms with Crippen LogP contribution in [0.1, 0.15) is 6.42 Å². The van der Waals surface area contributed by atoms with Crippen molar-refractivity contribution in [1.82, 2.24) is 5.32 Å². The van der Waals surface area contributed by atoms with Crippen LogP contribution in [0.25, 0.3) is 0 Å². The molecular formula is C11H14F2N2S2. The Kier molecular flexibility index (Phi) is 6.21. The van der Waals surface area contributed by atoms with E-state index in [1.165, 1.54) is 12.1 Å². The highest BCUT2D eigenvalue weighted by Gasteiger charge is 2.04. The molecule has 0 radical (unpaired) electrons. The van der Waals surface area contributed by atoms with Crippen LogP contribution in [0.5, 0.6) is 0 Å². The average Bonchev–Trinajstić information content (AvgIpc) is 2.28. The van der Waals surface area contributed by atoms with Crippen molar-refractivity contribution in [3.63, 3.8) is 0 Å². The Balaban J connectivity index is 2.40. The zero-order valence-electron chi connectivity index (χ0n) is 9.43. The Morgan fingerprint density at radius 3 is 2.82 bits per heavy atom.